The van der Waals surface area contributed by atoms with E-state index in [9.17, 15) is 5.11 Å². The molecule has 3 N–H and O–H groups in total. The van der Waals surface area contributed by atoms with Gasteiger partial charge in [-0.05, 0) is 37.4 Å². The van der Waals surface area contributed by atoms with Crippen molar-refractivity contribution in [1.82, 2.24) is 25.8 Å². The van der Waals surface area contributed by atoms with Gasteiger partial charge in [-0.25, -0.2) is 4.99 Å². The van der Waals surface area contributed by atoms with Crippen LogP contribution >= 0.6 is 11.3 Å². The summed E-state index contributed by atoms with van der Waals surface area (Å²) >= 11 is 1.52. The fraction of sp³-hybridized carbons (Fsp3) is 0.368. The summed E-state index contributed by atoms with van der Waals surface area (Å²) < 4.78 is 5.26. The van der Waals surface area contributed by atoms with E-state index in [1.807, 2.05) is 42.6 Å². The summed E-state index contributed by atoms with van der Waals surface area (Å²) in [5.74, 6) is 1.63. The molecule has 0 aromatic carbocycles. The van der Waals surface area contributed by atoms with Gasteiger partial charge in [0.2, 0.25) is 0 Å². The van der Waals surface area contributed by atoms with Crippen LogP contribution in [0.1, 0.15) is 24.5 Å². The van der Waals surface area contributed by atoms with Crippen molar-refractivity contribution in [3.63, 3.8) is 0 Å². The second-order valence-electron chi connectivity index (χ2n) is 6.35. The third-order valence-electron chi connectivity index (χ3n) is 3.93. The van der Waals surface area contributed by atoms with Crippen LogP contribution in [0.25, 0.3) is 11.6 Å². The fourth-order valence-corrected chi connectivity index (χ4v) is 3.26. The zero-order valence-electron chi connectivity index (χ0n) is 15.9. The van der Waals surface area contributed by atoms with Crippen LogP contribution in [0.3, 0.4) is 0 Å². The van der Waals surface area contributed by atoms with Gasteiger partial charge in [-0.1, -0.05) is 17.3 Å². The lowest BCUT2D eigenvalue weighted by Gasteiger charge is -2.20. The average Bonchev–Trinajstić information content (AvgIpc) is 3.39. The molecule has 0 aliphatic rings. The molecule has 3 rings (SSSR count). The number of rotatable bonds is 8. The van der Waals surface area contributed by atoms with Crippen molar-refractivity contribution in [2.45, 2.75) is 25.9 Å². The van der Waals surface area contributed by atoms with Crippen molar-refractivity contribution in [3.05, 3.63) is 52.6 Å². The lowest BCUT2D eigenvalue weighted by atomic mass is 10.1. The first-order chi connectivity index (χ1) is 13.6. The minimum absolute atomic E-state index is 0.259. The van der Waals surface area contributed by atoms with Crippen molar-refractivity contribution in [2.75, 3.05) is 19.6 Å². The number of nitrogens with zero attached hydrogens (tertiary/aromatic N) is 4. The van der Waals surface area contributed by atoms with Crippen molar-refractivity contribution in [3.8, 4) is 11.6 Å². The van der Waals surface area contributed by atoms with Crippen molar-refractivity contribution >= 4 is 17.3 Å². The summed E-state index contributed by atoms with van der Waals surface area (Å²) in [7, 11) is 0. The molecule has 0 radical (unpaired) electrons. The van der Waals surface area contributed by atoms with E-state index in [2.05, 4.69) is 30.8 Å². The molecule has 3 heterocycles. The molecule has 1 atom stereocenters. The third kappa shape index (κ3) is 5.37. The molecular weight excluding hydrogens is 376 g/mol. The SMILES string of the molecule is CCNC(=NCC(C)(O)c1cccs1)NCCc1noc(-c2ccccn2)n1. The first-order valence-electron chi connectivity index (χ1n) is 9.11. The Morgan fingerprint density at radius 2 is 2.18 bits per heavy atom. The van der Waals surface area contributed by atoms with Gasteiger partial charge in [0, 0.05) is 30.6 Å². The Balaban J connectivity index is 1.54. The van der Waals surface area contributed by atoms with Crippen molar-refractivity contribution < 1.29 is 9.63 Å². The summed E-state index contributed by atoms with van der Waals surface area (Å²) in [6.07, 6.45) is 2.26. The molecule has 0 amide bonds. The molecule has 9 heteroatoms. The van der Waals surface area contributed by atoms with Crippen LogP contribution < -0.4 is 10.6 Å². The maximum atomic E-state index is 10.6. The number of hydrogen-bond donors (Lipinski definition) is 3. The molecule has 0 spiro atoms. The standard InChI is InChI=1S/C19H24N6O2S/c1-3-20-18(23-13-19(2,26)15-8-6-12-28-15)22-11-9-16-24-17(27-25-16)14-7-4-5-10-21-14/h4-8,10,12,26H,3,9,11,13H2,1-2H3,(H2,20,22,23). The van der Waals surface area contributed by atoms with Gasteiger partial charge in [0.25, 0.3) is 5.89 Å². The normalized spacial score (nSPS) is 13.9. The number of thiophene rings is 1. The Morgan fingerprint density at radius 3 is 2.89 bits per heavy atom. The minimum Gasteiger partial charge on any atom is -0.383 e. The van der Waals surface area contributed by atoms with Gasteiger partial charge in [0.1, 0.15) is 11.3 Å². The Bertz CT molecular complexity index is 877. The van der Waals surface area contributed by atoms with Gasteiger partial charge in [-0.15, -0.1) is 11.3 Å². The maximum Gasteiger partial charge on any atom is 0.276 e. The summed E-state index contributed by atoms with van der Waals surface area (Å²) in [5, 5.41) is 23.0. The molecule has 3 aromatic rings. The second kappa shape index (κ2) is 9.43. The number of aromatic nitrogens is 3. The van der Waals surface area contributed by atoms with Crippen molar-refractivity contribution in [1.29, 1.82) is 0 Å². The fourth-order valence-electron chi connectivity index (χ4n) is 2.48. The molecule has 0 aliphatic heterocycles. The van der Waals surface area contributed by atoms with Gasteiger partial charge in [-0.3, -0.25) is 4.98 Å². The third-order valence-corrected chi connectivity index (χ3v) is 5.06. The van der Waals surface area contributed by atoms with Crippen LogP contribution in [-0.2, 0) is 12.0 Å². The lowest BCUT2D eigenvalue weighted by Crippen LogP contribution is -2.39. The van der Waals surface area contributed by atoms with Crippen LogP contribution in [-0.4, -0.2) is 45.8 Å². The van der Waals surface area contributed by atoms with E-state index in [0.717, 1.165) is 11.4 Å². The molecule has 0 bridgehead atoms. The summed E-state index contributed by atoms with van der Waals surface area (Å²) in [5.41, 5.74) is -0.346. The first-order valence-corrected chi connectivity index (χ1v) is 9.99. The Kier molecular flexibility index (Phi) is 6.72. The molecule has 3 aromatic heterocycles. The highest BCUT2D eigenvalue weighted by atomic mass is 32.1. The average molecular weight is 401 g/mol. The summed E-state index contributed by atoms with van der Waals surface area (Å²) in [6, 6.07) is 9.37. The smallest absolute Gasteiger partial charge is 0.276 e. The monoisotopic (exact) mass is 400 g/mol. The number of aliphatic hydroxyl groups is 1. The molecule has 0 aliphatic carbocycles. The van der Waals surface area contributed by atoms with Gasteiger partial charge in [0.15, 0.2) is 11.8 Å². The molecular formula is C19H24N6O2S. The van der Waals surface area contributed by atoms with E-state index in [1.54, 1.807) is 13.1 Å². The van der Waals surface area contributed by atoms with Crippen LogP contribution in [0.2, 0.25) is 0 Å². The van der Waals surface area contributed by atoms with E-state index in [-0.39, 0.29) is 6.54 Å². The highest BCUT2D eigenvalue weighted by Gasteiger charge is 2.24. The molecule has 8 nitrogen and oxygen atoms in total. The molecule has 148 valence electrons. The van der Waals surface area contributed by atoms with E-state index in [4.69, 9.17) is 4.52 Å². The van der Waals surface area contributed by atoms with Crippen LogP contribution in [0.4, 0.5) is 0 Å². The Labute approximate surface area is 167 Å². The molecule has 0 saturated heterocycles. The number of pyridine rings is 1. The molecule has 0 fully saturated rings. The number of nitrogens with one attached hydrogen (secondary N) is 2. The molecule has 0 saturated carbocycles. The zero-order chi connectivity index (χ0) is 19.8. The number of aliphatic imine (C=N–C) groups is 1. The Morgan fingerprint density at radius 1 is 1.29 bits per heavy atom. The van der Waals surface area contributed by atoms with E-state index >= 15 is 0 Å². The zero-order valence-corrected chi connectivity index (χ0v) is 16.7. The number of hydrogen-bond acceptors (Lipinski definition) is 7. The quantitative estimate of drug-likeness (QED) is 0.393. The van der Waals surface area contributed by atoms with Crippen LogP contribution in [0.5, 0.6) is 0 Å². The molecule has 1 unspecified atom stereocenters. The minimum atomic E-state index is -0.998. The topological polar surface area (TPSA) is 108 Å². The molecule has 28 heavy (non-hydrogen) atoms. The first kappa shape index (κ1) is 20.0. The van der Waals surface area contributed by atoms with E-state index < -0.39 is 5.60 Å². The van der Waals surface area contributed by atoms with Crippen molar-refractivity contribution in [2.24, 2.45) is 4.99 Å². The van der Waals surface area contributed by atoms with Gasteiger partial charge < -0.3 is 20.3 Å². The lowest BCUT2D eigenvalue weighted by molar-refractivity contribution is 0.0711. The predicted octanol–water partition coefficient (Wildman–Crippen LogP) is 2.20. The van der Waals surface area contributed by atoms with Crippen LogP contribution in [0.15, 0.2) is 51.4 Å². The summed E-state index contributed by atoms with van der Waals surface area (Å²) in [6.45, 7) is 5.32. The van der Waals surface area contributed by atoms with E-state index in [1.165, 1.54) is 11.3 Å². The summed E-state index contributed by atoms with van der Waals surface area (Å²) in [4.78, 5) is 14.0. The van der Waals surface area contributed by atoms with E-state index in [0.29, 0.717) is 36.3 Å². The highest BCUT2D eigenvalue weighted by Crippen LogP contribution is 2.25. The highest BCUT2D eigenvalue weighted by molar-refractivity contribution is 7.10. The van der Waals surface area contributed by atoms with Gasteiger partial charge in [-0.2, -0.15) is 4.98 Å². The maximum absolute atomic E-state index is 10.6. The number of guanidine groups is 1. The Hall–Kier alpha value is -2.78. The predicted molar refractivity (Wildman–Crippen MR) is 109 cm³/mol. The van der Waals surface area contributed by atoms with Crippen LogP contribution in [0, 0.1) is 0 Å². The van der Waals surface area contributed by atoms with Gasteiger partial charge >= 0.3 is 0 Å². The second-order valence-corrected chi connectivity index (χ2v) is 7.30. The largest absolute Gasteiger partial charge is 0.383 e. The van der Waals surface area contributed by atoms with Gasteiger partial charge in [0.05, 0.1) is 6.54 Å².